The summed E-state index contributed by atoms with van der Waals surface area (Å²) < 4.78 is 33.5. The van der Waals surface area contributed by atoms with Gasteiger partial charge in [0, 0.05) is 26.2 Å². The molecule has 0 radical (unpaired) electrons. The molecule has 0 saturated carbocycles. The van der Waals surface area contributed by atoms with Crippen LogP contribution in [0, 0.1) is 0 Å². The first-order valence-corrected chi connectivity index (χ1v) is 8.06. The number of nitrogens with one attached hydrogen (secondary N) is 1. The van der Waals surface area contributed by atoms with Gasteiger partial charge >= 0.3 is 10.2 Å². The van der Waals surface area contributed by atoms with E-state index in [9.17, 15) is 8.42 Å². The number of para-hydroxylation sites is 2. The highest BCUT2D eigenvalue weighted by Gasteiger charge is 2.34. The van der Waals surface area contributed by atoms with E-state index in [0.29, 0.717) is 37.6 Å². The van der Waals surface area contributed by atoms with Crippen LogP contribution in [0.2, 0.25) is 0 Å². The van der Waals surface area contributed by atoms with Crippen LogP contribution >= 0.6 is 0 Å². The molecule has 0 amide bonds. The third-order valence-electron chi connectivity index (χ3n) is 3.34. The highest BCUT2D eigenvalue weighted by Crippen LogP contribution is 2.32. The van der Waals surface area contributed by atoms with Crippen molar-refractivity contribution < 1.29 is 13.2 Å². The van der Waals surface area contributed by atoms with Crippen LogP contribution in [0.3, 0.4) is 0 Å². The Labute approximate surface area is 120 Å². The lowest BCUT2D eigenvalue weighted by molar-refractivity contribution is 0.381. The van der Waals surface area contributed by atoms with Gasteiger partial charge in [0.05, 0.1) is 12.8 Å². The van der Waals surface area contributed by atoms with Crippen molar-refractivity contribution in [2.24, 2.45) is 0 Å². The quantitative estimate of drug-likeness (QED) is 0.868. The van der Waals surface area contributed by atoms with Crippen molar-refractivity contribution in [2.45, 2.75) is 6.42 Å². The molecule has 1 aliphatic rings. The molecule has 1 aromatic rings. The van der Waals surface area contributed by atoms with Crippen LogP contribution in [0.4, 0.5) is 5.69 Å². The van der Waals surface area contributed by atoms with Gasteiger partial charge in [0.2, 0.25) is 0 Å². The molecule has 112 valence electrons. The normalized spacial score (nSPS) is 19.0. The summed E-state index contributed by atoms with van der Waals surface area (Å²) in [6, 6.07) is 7.20. The third kappa shape index (κ3) is 2.89. The van der Waals surface area contributed by atoms with E-state index < -0.39 is 10.2 Å². The zero-order valence-corrected chi connectivity index (χ0v) is 12.7. The second-order valence-electron chi connectivity index (χ2n) is 4.61. The molecular weight excluding hydrogens is 278 g/mol. The molecule has 0 spiro atoms. The number of hydrogen-bond donors (Lipinski definition) is 1. The van der Waals surface area contributed by atoms with Gasteiger partial charge in [-0.05, 0) is 25.6 Å². The van der Waals surface area contributed by atoms with Gasteiger partial charge in [0.25, 0.3) is 0 Å². The third-order valence-corrected chi connectivity index (χ3v) is 5.29. The zero-order valence-electron chi connectivity index (χ0n) is 11.9. The van der Waals surface area contributed by atoms with Crippen molar-refractivity contribution in [3.05, 3.63) is 24.3 Å². The Morgan fingerprint density at radius 3 is 2.75 bits per heavy atom. The summed E-state index contributed by atoms with van der Waals surface area (Å²) in [7, 11) is -0.112. The van der Waals surface area contributed by atoms with E-state index in [4.69, 9.17) is 4.74 Å². The van der Waals surface area contributed by atoms with Gasteiger partial charge in [-0.3, -0.25) is 4.31 Å². The number of hydrogen-bond acceptors (Lipinski definition) is 4. The molecule has 1 saturated heterocycles. The van der Waals surface area contributed by atoms with Crippen molar-refractivity contribution in [2.75, 3.05) is 44.6 Å². The van der Waals surface area contributed by atoms with Crippen molar-refractivity contribution in [3.63, 3.8) is 0 Å². The summed E-state index contributed by atoms with van der Waals surface area (Å²) in [6.45, 7) is 2.16. The van der Waals surface area contributed by atoms with Crippen LogP contribution in [0.25, 0.3) is 0 Å². The topological polar surface area (TPSA) is 61.9 Å². The van der Waals surface area contributed by atoms with Gasteiger partial charge in [-0.1, -0.05) is 12.1 Å². The first kappa shape index (κ1) is 15.1. The monoisotopic (exact) mass is 299 g/mol. The maximum Gasteiger partial charge on any atom is 0.304 e. The second kappa shape index (κ2) is 6.43. The molecule has 0 aliphatic carbocycles. The molecule has 7 heteroatoms. The maximum atomic E-state index is 12.7. The number of ether oxygens (including phenoxy) is 1. The van der Waals surface area contributed by atoms with Crippen LogP contribution in [0.1, 0.15) is 6.42 Å². The average Bonchev–Trinajstić information content (AvgIpc) is 2.45. The predicted octanol–water partition coefficient (Wildman–Crippen LogP) is 0.671. The summed E-state index contributed by atoms with van der Waals surface area (Å²) in [5, 5.41) is 2.98. The lowest BCUT2D eigenvalue weighted by Crippen LogP contribution is -2.51. The molecule has 1 aliphatic heterocycles. The molecular formula is C13H21N3O3S. The number of methoxy groups -OCH3 is 1. The molecule has 1 aromatic carbocycles. The molecule has 20 heavy (non-hydrogen) atoms. The molecule has 1 heterocycles. The van der Waals surface area contributed by atoms with Gasteiger partial charge in [0.15, 0.2) is 0 Å². The largest absolute Gasteiger partial charge is 0.495 e. The first-order chi connectivity index (χ1) is 9.61. The van der Waals surface area contributed by atoms with Gasteiger partial charge in [-0.2, -0.15) is 12.7 Å². The minimum Gasteiger partial charge on any atom is -0.495 e. The molecule has 0 bridgehead atoms. The summed E-state index contributed by atoms with van der Waals surface area (Å²) in [6.07, 6.45) is 0.807. The molecule has 1 fully saturated rings. The van der Waals surface area contributed by atoms with E-state index >= 15 is 0 Å². The Balaban J connectivity index is 2.31. The minimum absolute atomic E-state index is 0.477. The highest BCUT2D eigenvalue weighted by molar-refractivity contribution is 7.90. The summed E-state index contributed by atoms with van der Waals surface area (Å²) in [4.78, 5) is 0. The lowest BCUT2D eigenvalue weighted by atomic mass is 10.3. The van der Waals surface area contributed by atoms with Crippen LogP contribution < -0.4 is 14.4 Å². The number of anilines is 1. The second-order valence-corrected chi connectivity index (χ2v) is 6.46. The fourth-order valence-electron chi connectivity index (χ4n) is 2.30. The predicted molar refractivity (Wildman–Crippen MR) is 79.4 cm³/mol. The van der Waals surface area contributed by atoms with Gasteiger partial charge in [-0.15, -0.1) is 0 Å². The van der Waals surface area contributed by atoms with Crippen molar-refractivity contribution in [1.82, 2.24) is 9.62 Å². The van der Waals surface area contributed by atoms with Crippen LogP contribution in [-0.4, -0.2) is 53.1 Å². The van der Waals surface area contributed by atoms with Gasteiger partial charge in [0.1, 0.15) is 5.75 Å². The number of nitrogens with zero attached hydrogens (tertiary/aromatic N) is 2. The molecule has 0 aromatic heterocycles. The molecule has 2 rings (SSSR count). The van der Waals surface area contributed by atoms with Crippen LogP contribution in [-0.2, 0) is 10.2 Å². The molecule has 0 unspecified atom stereocenters. The Morgan fingerprint density at radius 2 is 2.05 bits per heavy atom. The van der Waals surface area contributed by atoms with Crippen molar-refractivity contribution in [1.29, 1.82) is 0 Å². The van der Waals surface area contributed by atoms with Crippen molar-refractivity contribution >= 4 is 15.9 Å². The standard InChI is InChI=1S/C13H21N3O3S/c1-14-8-11-15-9-5-10-16(20(15,17)18)12-6-3-4-7-13(12)19-2/h3-4,6-7,14H,5,8-11H2,1-2H3. The average molecular weight is 299 g/mol. The van der Waals surface area contributed by atoms with E-state index in [-0.39, 0.29) is 0 Å². The van der Waals surface area contributed by atoms with E-state index in [1.165, 1.54) is 8.61 Å². The Morgan fingerprint density at radius 1 is 1.30 bits per heavy atom. The fourth-order valence-corrected chi connectivity index (χ4v) is 4.02. The maximum absolute atomic E-state index is 12.7. The lowest BCUT2D eigenvalue weighted by Gasteiger charge is -2.36. The van der Waals surface area contributed by atoms with E-state index in [0.717, 1.165) is 6.42 Å². The van der Waals surface area contributed by atoms with E-state index in [2.05, 4.69) is 5.32 Å². The first-order valence-electron chi connectivity index (χ1n) is 6.66. The molecule has 0 atom stereocenters. The van der Waals surface area contributed by atoms with Gasteiger partial charge < -0.3 is 10.1 Å². The Kier molecular flexibility index (Phi) is 4.85. The van der Waals surface area contributed by atoms with Crippen LogP contribution in [0.15, 0.2) is 24.3 Å². The highest BCUT2D eigenvalue weighted by atomic mass is 32.2. The smallest absolute Gasteiger partial charge is 0.304 e. The molecule has 1 N–H and O–H groups in total. The number of rotatable bonds is 5. The number of benzene rings is 1. The SMILES string of the molecule is CNCCN1CCCN(c2ccccc2OC)S1(=O)=O. The Hall–Kier alpha value is -1.31. The Bertz CT molecular complexity index is 548. The summed E-state index contributed by atoms with van der Waals surface area (Å²) in [5.41, 5.74) is 0.601. The van der Waals surface area contributed by atoms with E-state index in [1.807, 2.05) is 19.2 Å². The van der Waals surface area contributed by atoms with Gasteiger partial charge in [-0.25, -0.2) is 0 Å². The summed E-state index contributed by atoms with van der Waals surface area (Å²) in [5.74, 6) is 0.576. The summed E-state index contributed by atoms with van der Waals surface area (Å²) >= 11 is 0. The fraction of sp³-hybridized carbons (Fsp3) is 0.538. The van der Waals surface area contributed by atoms with Crippen LogP contribution in [0.5, 0.6) is 5.75 Å². The zero-order chi connectivity index (χ0) is 14.6. The minimum atomic E-state index is -3.48. The molecule has 6 nitrogen and oxygen atoms in total. The van der Waals surface area contributed by atoms with Crippen molar-refractivity contribution in [3.8, 4) is 5.75 Å². The number of likely N-dealkylation sites (N-methyl/N-ethyl adjacent to an activating group) is 1. The van der Waals surface area contributed by atoms with E-state index in [1.54, 1.807) is 19.2 Å².